The molecule has 4 N–H and O–H groups in total. The number of nitrogens with two attached hydrogens (primary N) is 2. The lowest BCUT2D eigenvalue weighted by Gasteiger charge is -2.09. The second kappa shape index (κ2) is 11.5. The van der Waals surface area contributed by atoms with Gasteiger partial charge in [0.15, 0.2) is 0 Å². The Morgan fingerprint density at radius 1 is 1.20 bits per heavy atom. The zero-order valence-corrected chi connectivity index (χ0v) is 9.50. The Kier molecular flexibility index (Phi) is 11.0. The lowest BCUT2D eigenvalue weighted by Crippen LogP contribution is -2.34. The van der Waals surface area contributed by atoms with Gasteiger partial charge in [-0.05, 0) is 13.3 Å². The molecule has 0 bridgehead atoms. The van der Waals surface area contributed by atoms with Crippen molar-refractivity contribution in [2.45, 2.75) is 25.8 Å². The molecule has 0 aliphatic rings. The van der Waals surface area contributed by atoms with Gasteiger partial charge in [-0.2, -0.15) is 0 Å². The number of unbranched alkanes of at least 4 members (excludes halogenated alkanes) is 1. The number of ether oxygens (including phenoxy) is 2. The largest absolute Gasteiger partial charge is 0.379 e. The summed E-state index contributed by atoms with van der Waals surface area (Å²) in [6, 6.07) is -0.0650. The van der Waals surface area contributed by atoms with E-state index in [4.69, 9.17) is 20.9 Å². The van der Waals surface area contributed by atoms with Crippen LogP contribution in [0.1, 0.15) is 19.8 Å². The molecule has 0 aromatic heterocycles. The van der Waals surface area contributed by atoms with E-state index in [9.17, 15) is 0 Å². The van der Waals surface area contributed by atoms with Crippen LogP contribution < -0.4 is 11.5 Å². The Bertz CT molecular complexity index is 187. The van der Waals surface area contributed by atoms with Gasteiger partial charge in [-0.15, -0.1) is 11.8 Å². The monoisotopic (exact) mass is 214 g/mol. The van der Waals surface area contributed by atoms with Gasteiger partial charge in [-0.1, -0.05) is 0 Å². The molecule has 15 heavy (non-hydrogen) atoms. The highest BCUT2D eigenvalue weighted by molar-refractivity contribution is 4.94. The Hall–Kier alpha value is -0.600. The van der Waals surface area contributed by atoms with Crippen LogP contribution in [0, 0.1) is 11.8 Å². The Morgan fingerprint density at radius 3 is 2.60 bits per heavy atom. The summed E-state index contributed by atoms with van der Waals surface area (Å²) in [7, 11) is 0. The Labute approximate surface area is 92.3 Å². The second-order valence-electron chi connectivity index (χ2n) is 3.21. The maximum absolute atomic E-state index is 5.56. The molecule has 0 aromatic rings. The fraction of sp³-hybridized carbons (Fsp3) is 0.818. The molecule has 0 amide bonds. The van der Waals surface area contributed by atoms with Crippen LogP contribution in [-0.2, 0) is 9.47 Å². The van der Waals surface area contributed by atoms with Crippen molar-refractivity contribution in [3.8, 4) is 11.8 Å². The molecule has 4 nitrogen and oxygen atoms in total. The zero-order valence-electron chi connectivity index (χ0n) is 9.50. The minimum absolute atomic E-state index is 0.0650. The van der Waals surface area contributed by atoms with E-state index >= 15 is 0 Å². The lowest BCUT2D eigenvalue weighted by molar-refractivity contribution is 0.0429. The van der Waals surface area contributed by atoms with Crippen LogP contribution in [-0.4, -0.2) is 39.0 Å². The normalized spacial score (nSPS) is 11.9. The summed E-state index contributed by atoms with van der Waals surface area (Å²) in [6.45, 7) is 4.72. The summed E-state index contributed by atoms with van der Waals surface area (Å²) >= 11 is 0. The van der Waals surface area contributed by atoms with E-state index in [1.165, 1.54) is 0 Å². The molecule has 1 atom stereocenters. The molecule has 0 spiro atoms. The standard InChI is InChI=1S/C11H22N2O2/c1-2-3-4-5-6-14-7-8-15-10-11(13)9-12/h11H,4-10,12-13H2,1H3. The zero-order chi connectivity index (χ0) is 11.4. The summed E-state index contributed by atoms with van der Waals surface area (Å²) in [6.07, 6.45) is 1.87. The Morgan fingerprint density at radius 2 is 1.93 bits per heavy atom. The van der Waals surface area contributed by atoms with Gasteiger partial charge in [0, 0.05) is 25.6 Å². The molecule has 0 heterocycles. The second-order valence-corrected chi connectivity index (χ2v) is 3.21. The van der Waals surface area contributed by atoms with Crippen molar-refractivity contribution in [1.82, 2.24) is 0 Å². The molecule has 0 rings (SSSR count). The first kappa shape index (κ1) is 14.4. The van der Waals surface area contributed by atoms with Gasteiger partial charge in [-0.3, -0.25) is 0 Å². The first-order valence-electron chi connectivity index (χ1n) is 5.32. The molecule has 4 heteroatoms. The van der Waals surface area contributed by atoms with Crippen molar-refractivity contribution < 1.29 is 9.47 Å². The molecular weight excluding hydrogens is 192 g/mol. The summed E-state index contributed by atoms with van der Waals surface area (Å²) in [5.74, 6) is 5.82. The van der Waals surface area contributed by atoms with Crippen LogP contribution in [0.15, 0.2) is 0 Å². The van der Waals surface area contributed by atoms with Crippen LogP contribution in [0.5, 0.6) is 0 Å². The van der Waals surface area contributed by atoms with Crippen LogP contribution in [0.2, 0.25) is 0 Å². The van der Waals surface area contributed by atoms with Crippen LogP contribution in [0.3, 0.4) is 0 Å². The van der Waals surface area contributed by atoms with E-state index < -0.39 is 0 Å². The average molecular weight is 214 g/mol. The van der Waals surface area contributed by atoms with Gasteiger partial charge in [0.1, 0.15) is 0 Å². The number of rotatable bonds is 9. The summed E-state index contributed by atoms with van der Waals surface area (Å²) in [5, 5.41) is 0. The summed E-state index contributed by atoms with van der Waals surface area (Å²) in [5.41, 5.74) is 10.9. The van der Waals surface area contributed by atoms with Gasteiger partial charge < -0.3 is 20.9 Å². The summed E-state index contributed by atoms with van der Waals surface area (Å²) < 4.78 is 10.6. The minimum Gasteiger partial charge on any atom is -0.379 e. The van der Waals surface area contributed by atoms with E-state index in [0.29, 0.717) is 26.4 Å². The van der Waals surface area contributed by atoms with E-state index in [1.54, 1.807) is 0 Å². The molecule has 1 unspecified atom stereocenters. The third-order valence-corrected chi connectivity index (χ3v) is 1.77. The first-order valence-corrected chi connectivity index (χ1v) is 5.32. The van der Waals surface area contributed by atoms with Gasteiger partial charge >= 0.3 is 0 Å². The minimum atomic E-state index is -0.0650. The first-order chi connectivity index (χ1) is 7.31. The predicted octanol–water partition coefficient (Wildman–Crippen LogP) is 0.109. The highest BCUT2D eigenvalue weighted by atomic mass is 16.5. The highest BCUT2D eigenvalue weighted by Gasteiger charge is 1.97. The van der Waals surface area contributed by atoms with Crippen molar-refractivity contribution in [2.24, 2.45) is 11.5 Å². The van der Waals surface area contributed by atoms with Crippen LogP contribution in [0.4, 0.5) is 0 Å². The van der Waals surface area contributed by atoms with E-state index in [1.807, 2.05) is 6.92 Å². The van der Waals surface area contributed by atoms with Gasteiger partial charge in [0.2, 0.25) is 0 Å². The third kappa shape index (κ3) is 11.3. The maximum Gasteiger partial charge on any atom is 0.0701 e. The molecule has 0 aliphatic carbocycles. The molecule has 0 aromatic carbocycles. The molecule has 0 aliphatic heterocycles. The lowest BCUT2D eigenvalue weighted by atomic mass is 10.3. The topological polar surface area (TPSA) is 70.5 Å². The smallest absolute Gasteiger partial charge is 0.0701 e. The molecule has 88 valence electrons. The third-order valence-electron chi connectivity index (χ3n) is 1.77. The van der Waals surface area contributed by atoms with Gasteiger partial charge in [0.05, 0.1) is 19.8 Å². The Balaban J connectivity index is 3.01. The van der Waals surface area contributed by atoms with Gasteiger partial charge in [0.25, 0.3) is 0 Å². The molecule has 0 radical (unpaired) electrons. The molecule has 0 saturated carbocycles. The van der Waals surface area contributed by atoms with Crippen LogP contribution >= 0.6 is 0 Å². The molecular formula is C11H22N2O2. The van der Waals surface area contributed by atoms with Gasteiger partial charge in [-0.25, -0.2) is 0 Å². The van der Waals surface area contributed by atoms with Crippen LogP contribution in [0.25, 0.3) is 0 Å². The maximum atomic E-state index is 5.56. The number of hydrogen-bond acceptors (Lipinski definition) is 4. The van der Waals surface area contributed by atoms with E-state index in [2.05, 4.69) is 11.8 Å². The predicted molar refractivity (Wildman–Crippen MR) is 61.4 cm³/mol. The quantitative estimate of drug-likeness (QED) is 0.422. The summed E-state index contributed by atoms with van der Waals surface area (Å²) in [4.78, 5) is 0. The number of hydrogen-bond donors (Lipinski definition) is 2. The fourth-order valence-corrected chi connectivity index (χ4v) is 0.910. The SMILES string of the molecule is CC#CCCCOCCOCC(N)CN. The molecule has 0 fully saturated rings. The van der Waals surface area contributed by atoms with E-state index in [-0.39, 0.29) is 6.04 Å². The average Bonchev–Trinajstić information content (AvgIpc) is 2.26. The van der Waals surface area contributed by atoms with Crippen molar-refractivity contribution in [2.75, 3.05) is 33.0 Å². The van der Waals surface area contributed by atoms with Crippen molar-refractivity contribution in [1.29, 1.82) is 0 Å². The van der Waals surface area contributed by atoms with Crippen molar-refractivity contribution in [3.05, 3.63) is 0 Å². The highest BCUT2D eigenvalue weighted by Crippen LogP contribution is 1.88. The fourth-order valence-electron chi connectivity index (χ4n) is 0.910. The van der Waals surface area contributed by atoms with Crippen molar-refractivity contribution >= 4 is 0 Å². The molecule has 0 saturated heterocycles. The van der Waals surface area contributed by atoms with E-state index in [0.717, 1.165) is 19.4 Å². The van der Waals surface area contributed by atoms with Crippen molar-refractivity contribution in [3.63, 3.8) is 0 Å².